The van der Waals surface area contributed by atoms with Crippen LogP contribution in [-0.4, -0.2) is 214 Å². The molecule has 0 bridgehead atoms. The highest BCUT2D eigenvalue weighted by atomic mass is 16.7. The monoisotopic (exact) mass is 831 g/mol. The molecule has 57 heavy (non-hydrogen) atoms. The second-order valence-corrected chi connectivity index (χ2v) is 13.7. The number of β-amino-alcohol motifs (C(OH)–C–C–N with tert-alkyl or cyclic N) is 1. The van der Waals surface area contributed by atoms with Crippen molar-refractivity contribution in [2.24, 2.45) is 5.92 Å². The Morgan fingerprint density at radius 1 is 0.544 bits per heavy atom. The minimum absolute atomic E-state index is 0.0411. The quantitative estimate of drug-likeness (QED) is 0.0683. The first-order valence-electron chi connectivity index (χ1n) is 17.8. The average molecular weight is 832 g/mol. The number of methoxy groups -OCH3 is 2. The number of piperidine rings is 1. The standard InChI is InChI=1S/C19H29NO13.C14H24O10/c1-7(21)30-14-15(31-8(2)22)17(32-9(3)23)19(33-16(14)18(27)28-4)29-6-10-12(25)13(26)11(24)5-20-10;1-22-13(21)12-10(19)9(18)11(20)14(24-12)23-4-5-2-3-6(15)8(17)7(5)16/h10-17,19-20,24-26H,5-6H2,1-4H3;5-12,14-20H,2-4H2,1H3. The molecule has 0 amide bonds. The number of hydrogen-bond donors (Lipinski definition) is 10. The van der Waals surface area contributed by atoms with E-state index in [2.05, 4.69) is 14.8 Å². The van der Waals surface area contributed by atoms with Crippen molar-refractivity contribution in [1.82, 2.24) is 5.32 Å². The molecule has 18 atom stereocenters. The SMILES string of the molecule is COC(=O)C1OC(OCC2CCC(O)C(O)C2O)C(O)C(O)C1O.COC(=O)C1OC(OCC2NCC(O)C(O)C2O)C(OC(C)=O)C(OC(C)=O)C1OC(C)=O. The minimum Gasteiger partial charge on any atom is -0.467 e. The van der Waals surface area contributed by atoms with Gasteiger partial charge in [0.15, 0.2) is 43.1 Å². The Labute approximate surface area is 325 Å². The lowest BCUT2D eigenvalue weighted by molar-refractivity contribution is -0.304. The molecule has 10 N–H and O–H groups in total. The van der Waals surface area contributed by atoms with Gasteiger partial charge in [-0.3, -0.25) is 14.4 Å². The molecule has 4 aliphatic rings. The lowest BCUT2D eigenvalue weighted by atomic mass is 9.83. The maximum atomic E-state index is 12.3. The summed E-state index contributed by atoms with van der Waals surface area (Å²) in [5, 5.41) is 91.0. The van der Waals surface area contributed by atoms with Gasteiger partial charge in [0.1, 0.15) is 30.5 Å². The summed E-state index contributed by atoms with van der Waals surface area (Å²) in [4.78, 5) is 59.0. The molecule has 0 aromatic carbocycles. The van der Waals surface area contributed by atoms with E-state index in [-0.39, 0.29) is 26.2 Å². The van der Waals surface area contributed by atoms with E-state index in [0.29, 0.717) is 6.42 Å². The molecule has 24 nitrogen and oxygen atoms in total. The summed E-state index contributed by atoms with van der Waals surface area (Å²) < 4.78 is 46.4. The van der Waals surface area contributed by atoms with Crippen molar-refractivity contribution in [1.29, 1.82) is 0 Å². The number of aliphatic hydroxyl groups is 9. The highest BCUT2D eigenvalue weighted by molar-refractivity contribution is 5.77. The van der Waals surface area contributed by atoms with Crippen LogP contribution in [0.2, 0.25) is 0 Å². The van der Waals surface area contributed by atoms with Crippen LogP contribution in [-0.2, 0) is 66.6 Å². The summed E-state index contributed by atoms with van der Waals surface area (Å²) in [6.07, 6.45) is -22.6. The first-order valence-corrected chi connectivity index (χ1v) is 17.8. The lowest BCUT2D eigenvalue weighted by Gasteiger charge is -2.44. The van der Waals surface area contributed by atoms with Gasteiger partial charge < -0.3 is 93.9 Å². The number of nitrogens with one attached hydrogen (secondary N) is 1. The van der Waals surface area contributed by atoms with Crippen LogP contribution in [0.5, 0.6) is 0 Å². The van der Waals surface area contributed by atoms with Gasteiger partial charge in [0, 0.05) is 33.2 Å². The van der Waals surface area contributed by atoms with Crippen LogP contribution in [0.3, 0.4) is 0 Å². The molecular formula is C33H53NO23. The molecule has 3 aliphatic heterocycles. The summed E-state index contributed by atoms with van der Waals surface area (Å²) in [6, 6.07) is -0.875. The number of ether oxygens (including phenoxy) is 9. The first kappa shape index (κ1) is 48.2. The second kappa shape index (κ2) is 21.7. The van der Waals surface area contributed by atoms with E-state index < -0.39 is 140 Å². The van der Waals surface area contributed by atoms with Crippen molar-refractivity contribution >= 4 is 29.8 Å². The summed E-state index contributed by atoms with van der Waals surface area (Å²) in [5.41, 5.74) is 0. The average Bonchev–Trinajstić information content (AvgIpc) is 3.16. The van der Waals surface area contributed by atoms with E-state index in [1.165, 1.54) is 0 Å². The predicted molar refractivity (Wildman–Crippen MR) is 178 cm³/mol. The summed E-state index contributed by atoms with van der Waals surface area (Å²) >= 11 is 0. The van der Waals surface area contributed by atoms with Crippen molar-refractivity contribution in [3.63, 3.8) is 0 Å². The third kappa shape index (κ3) is 12.4. The smallest absolute Gasteiger partial charge is 0.339 e. The van der Waals surface area contributed by atoms with Gasteiger partial charge in [0.25, 0.3) is 0 Å². The molecule has 4 rings (SSSR count). The summed E-state index contributed by atoms with van der Waals surface area (Å²) in [5.74, 6) is -4.93. The zero-order valence-electron chi connectivity index (χ0n) is 31.7. The van der Waals surface area contributed by atoms with Gasteiger partial charge in [0.05, 0.1) is 57.9 Å². The Balaban J connectivity index is 0.000000321. The van der Waals surface area contributed by atoms with Crippen molar-refractivity contribution in [2.75, 3.05) is 34.0 Å². The summed E-state index contributed by atoms with van der Waals surface area (Å²) in [6.45, 7) is 2.65. The van der Waals surface area contributed by atoms with Crippen molar-refractivity contribution < 1.29 is 113 Å². The molecule has 1 saturated carbocycles. The summed E-state index contributed by atoms with van der Waals surface area (Å²) in [7, 11) is 2.14. The van der Waals surface area contributed by atoms with Crippen molar-refractivity contribution in [2.45, 2.75) is 138 Å². The molecule has 24 heteroatoms. The highest BCUT2D eigenvalue weighted by Gasteiger charge is 2.56. The number of carbonyl (C=O) groups excluding carboxylic acids is 5. The van der Waals surface area contributed by atoms with Gasteiger partial charge in [-0.05, 0) is 12.8 Å². The lowest BCUT2D eigenvalue weighted by Crippen LogP contribution is -2.65. The molecule has 3 saturated heterocycles. The maximum absolute atomic E-state index is 12.3. The molecule has 0 aromatic heterocycles. The van der Waals surface area contributed by atoms with E-state index in [1.54, 1.807) is 0 Å². The van der Waals surface area contributed by atoms with E-state index in [4.69, 9.17) is 33.2 Å². The largest absolute Gasteiger partial charge is 0.467 e. The van der Waals surface area contributed by atoms with E-state index in [0.717, 1.165) is 35.0 Å². The topological polar surface area (TPSA) is 363 Å². The number of carbonyl (C=O) groups is 5. The van der Waals surface area contributed by atoms with Crippen LogP contribution >= 0.6 is 0 Å². The Morgan fingerprint density at radius 3 is 1.63 bits per heavy atom. The first-order chi connectivity index (χ1) is 26.7. The number of aliphatic hydroxyl groups excluding tert-OH is 9. The van der Waals surface area contributed by atoms with Gasteiger partial charge in [0.2, 0.25) is 0 Å². The fourth-order valence-electron chi connectivity index (χ4n) is 6.48. The zero-order chi connectivity index (χ0) is 42.9. The molecule has 1 aliphatic carbocycles. The number of hydrogen-bond acceptors (Lipinski definition) is 24. The molecular weight excluding hydrogens is 778 g/mol. The molecule has 3 heterocycles. The van der Waals surface area contributed by atoms with E-state index >= 15 is 0 Å². The molecule has 0 radical (unpaired) electrons. The molecule has 328 valence electrons. The fourth-order valence-corrected chi connectivity index (χ4v) is 6.48. The van der Waals surface area contributed by atoms with Crippen LogP contribution in [0.1, 0.15) is 33.6 Å². The van der Waals surface area contributed by atoms with Crippen LogP contribution in [0.25, 0.3) is 0 Å². The third-order valence-corrected chi connectivity index (χ3v) is 9.56. The second-order valence-electron chi connectivity index (χ2n) is 13.7. The Hall–Kier alpha value is -3.21. The van der Waals surface area contributed by atoms with E-state index in [9.17, 15) is 69.9 Å². The molecule has 0 spiro atoms. The van der Waals surface area contributed by atoms with Gasteiger partial charge in [-0.2, -0.15) is 0 Å². The molecule has 4 fully saturated rings. The highest BCUT2D eigenvalue weighted by Crippen LogP contribution is 2.31. The normalized spacial score (nSPS) is 40.7. The Morgan fingerprint density at radius 2 is 1.05 bits per heavy atom. The predicted octanol–water partition coefficient (Wildman–Crippen LogP) is -6.77. The van der Waals surface area contributed by atoms with Crippen LogP contribution in [0.4, 0.5) is 0 Å². The van der Waals surface area contributed by atoms with Gasteiger partial charge in [-0.1, -0.05) is 0 Å². The minimum atomic E-state index is -1.68. The van der Waals surface area contributed by atoms with Crippen LogP contribution in [0, 0.1) is 5.92 Å². The van der Waals surface area contributed by atoms with Crippen molar-refractivity contribution in [3.8, 4) is 0 Å². The van der Waals surface area contributed by atoms with Gasteiger partial charge >= 0.3 is 29.8 Å². The van der Waals surface area contributed by atoms with Crippen LogP contribution in [0.15, 0.2) is 0 Å². The number of esters is 5. The van der Waals surface area contributed by atoms with Gasteiger partial charge in [-0.25, -0.2) is 9.59 Å². The Bertz CT molecular complexity index is 1350. The fraction of sp³-hybridized carbons (Fsp3) is 0.848. The molecule has 18 unspecified atom stereocenters. The van der Waals surface area contributed by atoms with Crippen molar-refractivity contribution in [3.05, 3.63) is 0 Å². The van der Waals surface area contributed by atoms with E-state index in [1.807, 2.05) is 0 Å². The third-order valence-electron chi connectivity index (χ3n) is 9.56. The Kier molecular flexibility index (Phi) is 18.3. The van der Waals surface area contributed by atoms with Crippen LogP contribution < -0.4 is 5.32 Å². The van der Waals surface area contributed by atoms with Gasteiger partial charge in [-0.15, -0.1) is 0 Å². The number of rotatable bonds is 11. The molecule has 0 aromatic rings. The zero-order valence-corrected chi connectivity index (χ0v) is 31.7. The maximum Gasteiger partial charge on any atom is 0.339 e.